The summed E-state index contributed by atoms with van der Waals surface area (Å²) >= 11 is 1.64. The number of aromatic nitrogens is 4. The van der Waals surface area contributed by atoms with Crippen LogP contribution in [-0.2, 0) is 12.3 Å². The van der Waals surface area contributed by atoms with Gasteiger partial charge in [0.1, 0.15) is 11.6 Å². The molecule has 2 heterocycles. The van der Waals surface area contributed by atoms with Crippen LogP contribution in [0.2, 0.25) is 0 Å². The average Bonchev–Trinajstić information content (AvgIpc) is 3.08. The minimum atomic E-state index is 0.672. The molecule has 6 heteroatoms. The van der Waals surface area contributed by atoms with Gasteiger partial charge in [-0.2, -0.15) is 0 Å². The lowest BCUT2D eigenvalue weighted by Crippen LogP contribution is -1.99. The molecule has 0 unspecified atom stereocenters. The molecule has 5 nitrogen and oxygen atoms in total. The molecule has 0 saturated heterocycles. The molecule has 2 aromatic heterocycles. The van der Waals surface area contributed by atoms with Gasteiger partial charge in [-0.25, -0.2) is 4.98 Å². The molecular weight excluding hydrogens is 308 g/mol. The number of benzene rings is 1. The zero-order valence-electron chi connectivity index (χ0n) is 13.8. The second-order valence-corrected chi connectivity index (χ2v) is 6.39. The zero-order valence-corrected chi connectivity index (χ0v) is 14.6. The van der Waals surface area contributed by atoms with Gasteiger partial charge in [-0.05, 0) is 39.8 Å². The van der Waals surface area contributed by atoms with Crippen LogP contribution in [0.25, 0.3) is 11.5 Å². The van der Waals surface area contributed by atoms with Crippen molar-refractivity contribution >= 4 is 11.8 Å². The van der Waals surface area contributed by atoms with Crippen LogP contribution < -0.4 is 0 Å². The van der Waals surface area contributed by atoms with E-state index in [2.05, 4.69) is 45.7 Å². The fraction of sp³-hybridized carbons (Fsp3) is 0.353. The normalized spacial score (nSPS) is 11.1. The molecule has 0 amide bonds. The van der Waals surface area contributed by atoms with Gasteiger partial charge in [0.2, 0.25) is 5.89 Å². The largest absolute Gasteiger partial charge is 0.441 e. The average molecular weight is 328 g/mol. The summed E-state index contributed by atoms with van der Waals surface area (Å²) in [5.74, 6) is 3.19. The summed E-state index contributed by atoms with van der Waals surface area (Å²) in [5.41, 5.74) is 3.18. The third kappa shape index (κ3) is 3.32. The van der Waals surface area contributed by atoms with Crippen LogP contribution in [0.1, 0.15) is 29.8 Å². The monoisotopic (exact) mass is 328 g/mol. The fourth-order valence-corrected chi connectivity index (χ4v) is 3.40. The highest BCUT2D eigenvalue weighted by atomic mass is 32.2. The van der Waals surface area contributed by atoms with Gasteiger partial charge in [0.05, 0.1) is 5.69 Å². The number of hydrogen-bond donors (Lipinski definition) is 0. The molecule has 3 aromatic rings. The van der Waals surface area contributed by atoms with E-state index in [4.69, 9.17) is 4.42 Å². The van der Waals surface area contributed by atoms with Crippen molar-refractivity contribution in [1.82, 2.24) is 19.7 Å². The van der Waals surface area contributed by atoms with Crippen molar-refractivity contribution in [3.8, 4) is 11.5 Å². The third-order valence-corrected chi connectivity index (χ3v) is 4.73. The van der Waals surface area contributed by atoms with E-state index in [9.17, 15) is 0 Å². The Morgan fingerprint density at radius 2 is 1.83 bits per heavy atom. The molecule has 0 saturated carbocycles. The molecular formula is C17H20N4OS. The van der Waals surface area contributed by atoms with Crippen molar-refractivity contribution in [2.24, 2.45) is 0 Å². The molecule has 0 aliphatic heterocycles. The Hall–Kier alpha value is -2.08. The lowest BCUT2D eigenvalue weighted by molar-refractivity contribution is 0.540. The minimum absolute atomic E-state index is 0.672. The van der Waals surface area contributed by atoms with Gasteiger partial charge in [0, 0.05) is 17.9 Å². The van der Waals surface area contributed by atoms with Crippen molar-refractivity contribution in [3.05, 3.63) is 47.1 Å². The number of nitrogens with zero attached hydrogens (tertiary/aromatic N) is 4. The molecule has 0 bridgehead atoms. The van der Waals surface area contributed by atoms with Gasteiger partial charge in [-0.3, -0.25) is 0 Å². The molecule has 1 aromatic carbocycles. The molecule has 23 heavy (non-hydrogen) atoms. The quantitative estimate of drug-likeness (QED) is 0.658. The van der Waals surface area contributed by atoms with Crippen LogP contribution in [0.5, 0.6) is 0 Å². The van der Waals surface area contributed by atoms with Gasteiger partial charge in [-0.1, -0.05) is 29.5 Å². The van der Waals surface area contributed by atoms with Crippen molar-refractivity contribution in [2.75, 3.05) is 0 Å². The molecule has 3 rings (SSSR count). The van der Waals surface area contributed by atoms with E-state index in [0.717, 1.165) is 40.3 Å². The highest BCUT2D eigenvalue weighted by molar-refractivity contribution is 7.98. The van der Waals surface area contributed by atoms with Gasteiger partial charge in [0.25, 0.3) is 0 Å². The molecule has 0 fully saturated rings. The van der Waals surface area contributed by atoms with Crippen molar-refractivity contribution in [1.29, 1.82) is 0 Å². The van der Waals surface area contributed by atoms with Crippen LogP contribution in [0.3, 0.4) is 0 Å². The number of hydrogen-bond acceptors (Lipinski definition) is 5. The van der Waals surface area contributed by atoms with Crippen molar-refractivity contribution < 1.29 is 4.42 Å². The van der Waals surface area contributed by atoms with Crippen molar-refractivity contribution in [2.45, 2.75) is 45.1 Å². The van der Waals surface area contributed by atoms with E-state index in [1.807, 2.05) is 26.0 Å². The number of rotatable bonds is 5. The van der Waals surface area contributed by atoms with E-state index in [1.54, 1.807) is 11.8 Å². The molecule has 120 valence electrons. The van der Waals surface area contributed by atoms with Crippen LogP contribution >= 0.6 is 11.8 Å². The summed E-state index contributed by atoms with van der Waals surface area (Å²) in [5, 5.41) is 9.28. The van der Waals surface area contributed by atoms with Crippen LogP contribution in [0.15, 0.2) is 33.8 Å². The first-order chi connectivity index (χ1) is 11.1. The Kier molecular flexibility index (Phi) is 4.52. The first-order valence-electron chi connectivity index (χ1n) is 7.64. The molecule has 0 N–H and O–H groups in total. The van der Waals surface area contributed by atoms with Gasteiger partial charge < -0.3 is 8.98 Å². The first-order valence-corrected chi connectivity index (χ1v) is 8.63. The predicted octanol–water partition coefficient (Wildman–Crippen LogP) is 4.17. The van der Waals surface area contributed by atoms with E-state index in [1.165, 1.54) is 5.56 Å². The number of thioether (sulfide) groups is 1. The zero-order chi connectivity index (χ0) is 16.4. The predicted molar refractivity (Wildman–Crippen MR) is 91.4 cm³/mol. The molecule has 0 spiro atoms. The Labute approximate surface area is 140 Å². The maximum atomic E-state index is 5.82. The summed E-state index contributed by atoms with van der Waals surface area (Å²) in [6, 6.07) is 8.20. The first kappa shape index (κ1) is 15.8. The lowest BCUT2D eigenvalue weighted by atomic mass is 10.1. The van der Waals surface area contributed by atoms with Gasteiger partial charge in [-0.15, -0.1) is 10.2 Å². The highest BCUT2D eigenvalue weighted by Gasteiger charge is 2.14. The fourth-order valence-electron chi connectivity index (χ4n) is 2.35. The Morgan fingerprint density at radius 3 is 2.52 bits per heavy atom. The maximum absolute atomic E-state index is 5.82. The van der Waals surface area contributed by atoms with Gasteiger partial charge in [0.15, 0.2) is 5.16 Å². The molecule has 0 radical (unpaired) electrons. The van der Waals surface area contributed by atoms with Crippen LogP contribution in [0.4, 0.5) is 0 Å². The SMILES string of the molecule is CCn1c(C)nnc1SCc1nc(-c2ccc(C)cc2)oc1C. The number of oxazole rings is 1. The standard InChI is InChI=1S/C17H20N4OS/c1-5-21-13(4)19-20-17(21)23-10-15-12(3)22-16(18-15)14-8-6-11(2)7-9-14/h6-9H,5,10H2,1-4H3. The maximum Gasteiger partial charge on any atom is 0.226 e. The Bertz CT molecular complexity index is 805. The van der Waals surface area contributed by atoms with E-state index in [0.29, 0.717) is 5.89 Å². The van der Waals surface area contributed by atoms with E-state index < -0.39 is 0 Å². The summed E-state index contributed by atoms with van der Waals surface area (Å²) in [6.07, 6.45) is 0. The summed E-state index contributed by atoms with van der Waals surface area (Å²) < 4.78 is 7.92. The topological polar surface area (TPSA) is 56.7 Å². The molecule has 0 atom stereocenters. The Morgan fingerprint density at radius 1 is 1.09 bits per heavy atom. The van der Waals surface area contributed by atoms with E-state index in [-0.39, 0.29) is 0 Å². The van der Waals surface area contributed by atoms with Crippen LogP contribution in [0, 0.1) is 20.8 Å². The third-order valence-electron chi connectivity index (χ3n) is 3.75. The second kappa shape index (κ2) is 6.58. The highest BCUT2D eigenvalue weighted by Crippen LogP contribution is 2.27. The summed E-state index contributed by atoms with van der Waals surface area (Å²) in [4.78, 5) is 4.64. The minimum Gasteiger partial charge on any atom is -0.441 e. The summed E-state index contributed by atoms with van der Waals surface area (Å²) in [7, 11) is 0. The Balaban J connectivity index is 1.77. The molecule has 0 aliphatic carbocycles. The van der Waals surface area contributed by atoms with Crippen LogP contribution in [-0.4, -0.2) is 19.7 Å². The lowest BCUT2D eigenvalue weighted by Gasteiger charge is -2.03. The van der Waals surface area contributed by atoms with E-state index >= 15 is 0 Å². The van der Waals surface area contributed by atoms with Crippen molar-refractivity contribution in [3.63, 3.8) is 0 Å². The second-order valence-electron chi connectivity index (χ2n) is 5.45. The number of aryl methyl sites for hydroxylation is 3. The summed E-state index contributed by atoms with van der Waals surface area (Å²) in [6.45, 7) is 8.96. The molecule has 0 aliphatic rings. The van der Waals surface area contributed by atoms with Gasteiger partial charge >= 0.3 is 0 Å². The smallest absolute Gasteiger partial charge is 0.226 e.